The van der Waals surface area contributed by atoms with Gasteiger partial charge in [-0.05, 0) is 53.2 Å². The van der Waals surface area contributed by atoms with Crippen LogP contribution in [0.2, 0.25) is 0 Å². The van der Waals surface area contributed by atoms with E-state index in [-0.39, 0.29) is 0 Å². The zero-order valence-electron chi connectivity index (χ0n) is 16.3. The number of para-hydroxylation sites is 2. The van der Waals surface area contributed by atoms with Crippen LogP contribution >= 0.6 is 11.3 Å². The van der Waals surface area contributed by atoms with Crippen molar-refractivity contribution in [1.82, 2.24) is 0 Å². The molecule has 0 N–H and O–H groups in total. The molecular weight excluding hydrogens is 382 g/mol. The van der Waals surface area contributed by atoms with Crippen LogP contribution in [0, 0.1) is 0 Å². The lowest BCUT2D eigenvalue weighted by atomic mass is 10.0. The maximum atomic E-state index is 2.33. The second-order valence-corrected chi connectivity index (χ2v) is 8.53. The monoisotopic (exact) mass is 401 g/mol. The Balaban J connectivity index is 1.59. The van der Waals surface area contributed by atoms with E-state index in [1.807, 2.05) is 11.3 Å². The summed E-state index contributed by atoms with van der Waals surface area (Å²) in [6, 6.07) is 41.2. The molecule has 0 saturated carbocycles. The molecule has 0 atom stereocenters. The molecule has 0 aliphatic carbocycles. The fourth-order valence-electron chi connectivity index (χ4n) is 4.28. The van der Waals surface area contributed by atoms with Crippen LogP contribution in [0.1, 0.15) is 0 Å². The van der Waals surface area contributed by atoms with Gasteiger partial charge in [0, 0.05) is 37.2 Å². The summed E-state index contributed by atoms with van der Waals surface area (Å²) in [5.74, 6) is 0. The molecule has 0 bridgehead atoms. The smallest absolute Gasteiger partial charge is 0.0476 e. The molecule has 0 amide bonds. The topological polar surface area (TPSA) is 3.24 Å². The van der Waals surface area contributed by atoms with E-state index in [0.29, 0.717) is 0 Å². The Morgan fingerprint density at radius 2 is 1.13 bits per heavy atom. The SMILES string of the molecule is c1ccc(N(c2ccccc2)c2ccc3c(c2)sc2ccc4ccccc4c23)cc1. The van der Waals surface area contributed by atoms with Crippen molar-refractivity contribution in [3.05, 3.63) is 115 Å². The Morgan fingerprint density at radius 1 is 0.467 bits per heavy atom. The third kappa shape index (κ3) is 2.77. The maximum Gasteiger partial charge on any atom is 0.0476 e. The first-order chi connectivity index (χ1) is 14.9. The minimum absolute atomic E-state index is 1.16. The minimum atomic E-state index is 1.16. The molecule has 6 aromatic rings. The highest BCUT2D eigenvalue weighted by molar-refractivity contribution is 7.26. The van der Waals surface area contributed by atoms with Gasteiger partial charge in [0.05, 0.1) is 0 Å². The molecule has 0 spiro atoms. The molecule has 30 heavy (non-hydrogen) atoms. The van der Waals surface area contributed by atoms with Crippen LogP contribution in [-0.4, -0.2) is 0 Å². The van der Waals surface area contributed by atoms with E-state index >= 15 is 0 Å². The van der Waals surface area contributed by atoms with Crippen LogP contribution in [0.5, 0.6) is 0 Å². The van der Waals surface area contributed by atoms with E-state index in [0.717, 1.165) is 11.4 Å². The maximum absolute atomic E-state index is 2.33. The highest BCUT2D eigenvalue weighted by Gasteiger charge is 2.15. The Kier molecular flexibility index (Phi) is 4.03. The summed E-state index contributed by atoms with van der Waals surface area (Å²) in [4.78, 5) is 2.32. The van der Waals surface area contributed by atoms with Gasteiger partial charge in [-0.2, -0.15) is 0 Å². The summed E-state index contributed by atoms with van der Waals surface area (Å²) in [5, 5.41) is 5.32. The predicted octanol–water partition coefficient (Wildman–Crippen LogP) is 8.68. The molecule has 5 aromatic carbocycles. The standard InChI is InChI=1S/C28H19NS/c1-3-10-21(11-4-1)29(22-12-5-2-6-13-22)23-16-17-25-27(19-23)30-26-18-15-20-9-7-8-14-24(20)28(25)26/h1-19H. The summed E-state index contributed by atoms with van der Waals surface area (Å²) in [6.45, 7) is 0. The zero-order valence-corrected chi connectivity index (χ0v) is 17.1. The molecule has 1 heterocycles. The van der Waals surface area contributed by atoms with Gasteiger partial charge in [0.2, 0.25) is 0 Å². The van der Waals surface area contributed by atoms with Crippen molar-refractivity contribution in [2.45, 2.75) is 0 Å². The largest absolute Gasteiger partial charge is 0.310 e. The van der Waals surface area contributed by atoms with Crippen molar-refractivity contribution in [3.8, 4) is 0 Å². The van der Waals surface area contributed by atoms with E-state index < -0.39 is 0 Å². The van der Waals surface area contributed by atoms with Crippen LogP contribution in [0.25, 0.3) is 30.9 Å². The predicted molar refractivity (Wildman–Crippen MR) is 132 cm³/mol. The number of hydrogen-bond acceptors (Lipinski definition) is 2. The first kappa shape index (κ1) is 17.3. The molecule has 142 valence electrons. The molecule has 6 rings (SSSR count). The fourth-order valence-corrected chi connectivity index (χ4v) is 5.43. The Hall–Kier alpha value is -3.62. The van der Waals surface area contributed by atoms with Crippen LogP contribution in [0.4, 0.5) is 17.1 Å². The van der Waals surface area contributed by atoms with E-state index in [1.54, 1.807) is 0 Å². The molecule has 0 aliphatic heterocycles. The number of hydrogen-bond donors (Lipinski definition) is 0. The highest BCUT2D eigenvalue weighted by Crippen LogP contribution is 2.42. The summed E-state index contributed by atoms with van der Waals surface area (Å²) in [5.41, 5.74) is 3.50. The average molecular weight is 402 g/mol. The summed E-state index contributed by atoms with van der Waals surface area (Å²) >= 11 is 1.87. The van der Waals surface area contributed by atoms with Gasteiger partial charge in [-0.15, -0.1) is 11.3 Å². The second kappa shape index (κ2) is 7.01. The van der Waals surface area contributed by atoms with Crippen LogP contribution in [-0.2, 0) is 0 Å². The van der Waals surface area contributed by atoms with E-state index in [2.05, 4.69) is 120 Å². The number of anilines is 3. The van der Waals surface area contributed by atoms with Gasteiger partial charge in [-0.3, -0.25) is 0 Å². The van der Waals surface area contributed by atoms with Crippen LogP contribution < -0.4 is 4.90 Å². The van der Waals surface area contributed by atoms with E-state index in [4.69, 9.17) is 0 Å². The number of nitrogens with zero attached hydrogens (tertiary/aromatic N) is 1. The van der Waals surface area contributed by atoms with Gasteiger partial charge < -0.3 is 4.90 Å². The summed E-state index contributed by atoms with van der Waals surface area (Å²) in [6.07, 6.45) is 0. The quantitative estimate of drug-likeness (QED) is 0.287. The van der Waals surface area contributed by atoms with Gasteiger partial charge in [-0.1, -0.05) is 72.8 Å². The Bertz CT molecular complexity index is 1440. The number of benzene rings is 5. The van der Waals surface area contributed by atoms with Crippen LogP contribution in [0.3, 0.4) is 0 Å². The number of rotatable bonds is 3. The van der Waals surface area contributed by atoms with Crippen molar-refractivity contribution in [2.24, 2.45) is 0 Å². The molecule has 1 aromatic heterocycles. The van der Waals surface area contributed by atoms with Crippen LogP contribution in [0.15, 0.2) is 115 Å². The lowest BCUT2D eigenvalue weighted by Gasteiger charge is -2.25. The van der Waals surface area contributed by atoms with Gasteiger partial charge in [0.1, 0.15) is 0 Å². The summed E-state index contributed by atoms with van der Waals surface area (Å²) < 4.78 is 2.66. The molecule has 1 nitrogen and oxygen atoms in total. The highest BCUT2D eigenvalue weighted by atomic mass is 32.1. The lowest BCUT2D eigenvalue weighted by Crippen LogP contribution is -2.09. The first-order valence-electron chi connectivity index (χ1n) is 10.1. The number of fused-ring (bicyclic) bond motifs is 5. The van der Waals surface area contributed by atoms with E-state index in [1.165, 1.54) is 36.6 Å². The van der Waals surface area contributed by atoms with Crippen molar-refractivity contribution in [3.63, 3.8) is 0 Å². The fraction of sp³-hybridized carbons (Fsp3) is 0. The molecule has 0 fully saturated rings. The lowest BCUT2D eigenvalue weighted by molar-refractivity contribution is 1.29. The molecule has 2 heteroatoms. The Labute approximate surface area is 179 Å². The van der Waals surface area contributed by atoms with Crippen molar-refractivity contribution < 1.29 is 0 Å². The van der Waals surface area contributed by atoms with Gasteiger partial charge >= 0.3 is 0 Å². The molecule has 0 aliphatic rings. The summed E-state index contributed by atoms with van der Waals surface area (Å²) in [7, 11) is 0. The third-order valence-electron chi connectivity index (χ3n) is 5.63. The van der Waals surface area contributed by atoms with E-state index in [9.17, 15) is 0 Å². The molecule has 0 unspecified atom stereocenters. The molecule has 0 saturated heterocycles. The third-order valence-corrected chi connectivity index (χ3v) is 6.75. The van der Waals surface area contributed by atoms with Gasteiger partial charge in [0.15, 0.2) is 0 Å². The number of thiophene rings is 1. The average Bonchev–Trinajstić information content (AvgIpc) is 3.19. The van der Waals surface area contributed by atoms with Gasteiger partial charge in [0.25, 0.3) is 0 Å². The zero-order chi connectivity index (χ0) is 19.9. The second-order valence-electron chi connectivity index (χ2n) is 7.45. The molecular formula is C28H19NS. The van der Waals surface area contributed by atoms with Crippen molar-refractivity contribution in [1.29, 1.82) is 0 Å². The van der Waals surface area contributed by atoms with Crippen molar-refractivity contribution in [2.75, 3.05) is 4.90 Å². The van der Waals surface area contributed by atoms with Gasteiger partial charge in [-0.25, -0.2) is 0 Å². The molecule has 0 radical (unpaired) electrons. The minimum Gasteiger partial charge on any atom is -0.310 e. The van der Waals surface area contributed by atoms with Crippen molar-refractivity contribution >= 4 is 59.3 Å². The Morgan fingerprint density at radius 3 is 1.87 bits per heavy atom. The normalized spacial score (nSPS) is 11.3. The first-order valence-corrected chi connectivity index (χ1v) is 10.9.